The molecule has 2 heterocycles. The Hall–Kier alpha value is -2.63. The summed E-state index contributed by atoms with van der Waals surface area (Å²) < 4.78 is 0. The molecule has 1 saturated carbocycles. The summed E-state index contributed by atoms with van der Waals surface area (Å²) in [4.78, 5) is 41.1. The predicted molar refractivity (Wildman–Crippen MR) is 87.9 cm³/mol. The summed E-state index contributed by atoms with van der Waals surface area (Å²) in [5.41, 5.74) is -0.507. The largest absolute Gasteiger partial charge is 0.481 e. The van der Waals surface area contributed by atoms with Crippen molar-refractivity contribution in [1.29, 1.82) is 0 Å². The van der Waals surface area contributed by atoms with Gasteiger partial charge in [-0.15, -0.1) is 0 Å². The SMILES string of the molecule is O=C(c1cc2ccccc2[nH]c1=O)N1C[C@@H]2CCC[C@@]2(C(=O)O)C1. The van der Waals surface area contributed by atoms with Crippen LogP contribution < -0.4 is 5.56 Å². The molecule has 0 bridgehead atoms. The second-order valence-electron chi connectivity index (χ2n) is 6.84. The van der Waals surface area contributed by atoms with Crippen LogP contribution in [0, 0.1) is 11.3 Å². The fraction of sp³-hybridized carbons (Fsp3) is 0.389. The van der Waals surface area contributed by atoms with Crippen LogP contribution in [0.2, 0.25) is 0 Å². The van der Waals surface area contributed by atoms with Crippen LogP contribution in [0.3, 0.4) is 0 Å². The normalized spacial score (nSPS) is 25.8. The zero-order valence-corrected chi connectivity index (χ0v) is 13.1. The number of aliphatic carboxylic acids is 1. The van der Waals surface area contributed by atoms with Gasteiger partial charge in [0.25, 0.3) is 11.5 Å². The molecule has 2 aromatic rings. The lowest BCUT2D eigenvalue weighted by Crippen LogP contribution is -2.38. The number of para-hydroxylation sites is 1. The Morgan fingerprint density at radius 2 is 2.08 bits per heavy atom. The summed E-state index contributed by atoms with van der Waals surface area (Å²) in [6.07, 6.45) is 2.31. The molecule has 24 heavy (non-hydrogen) atoms. The van der Waals surface area contributed by atoms with E-state index in [0.29, 0.717) is 18.5 Å². The second-order valence-corrected chi connectivity index (χ2v) is 6.84. The predicted octanol–water partition coefficient (Wildman–Crippen LogP) is 1.85. The third kappa shape index (κ3) is 2.06. The van der Waals surface area contributed by atoms with E-state index >= 15 is 0 Å². The number of aromatic amines is 1. The number of H-pyrrole nitrogens is 1. The van der Waals surface area contributed by atoms with Crippen molar-refractivity contribution in [2.45, 2.75) is 19.3 Å². The highest BCUT2D eigenvalue weighted by molar-refractivity contribution is 5.98. The van der Waals surface area contributed by atoms with Crippen molar-refractivity contribution in [2.75, 3.05) is 13.1 Å². The third-order valence-electron chi connectivity index (χ3n) is 5.57. The molecular formula is C18H18N2O4. The third-order valence-corrected chi connectivity index (χ3v) is 5.57. The lowest BCUT2D eigenvalue weighted by atomic mass is 9.81. The minimum atomic E-state index is -0.834. The van der Waals surface area contributed by atoms with E-state index in [9.17, 15) is 19.5 Å². The Morgan fingerprint density at radius 1 is 1.29 bits per heavy atom. The molecule has 2 N–H and O–H groups in total. The molecule has 2 aliphatic rings. The van der Waals surface area contributed by atoms with Crippen LogP contribution in [0.15, 0.2) is 35.1 Å². The number of nitrogens with zero attached hydrogens (tertiary/aromatic N) is 1. The molecule has 2 fully saturated rings. The number of carboxylic acids is 1. The average Bonchev–Trinajstić information content (AvgIpc) is 3.11. The molecule has 124 valence electrons. The Bertz CT molecular complexity index is 903. The number of carbonyl (C=O) groups excluding carboxylic acids is 1. The number of pyridine rings is 1. The van der Waals surface area contributed by atoms with Crippen LogP contribution >= 0.6 is 0 Å². The Kier molecular flexibility index (Phi) is 3.23. The fourth-order valence-corrected chi connectivity index (χ4v) is 4.27. The van der Waals surface area contributed by atoms with Gasteiger partial charge in [0.05, 0.1) is 5.41 Å². The summed E-state index contributed by atoms with van der Waals surface area (Å²) in [6.45, 7) is 0.607. The number of amides is 1. The van der Waals surface area contributed by atoms with E-state index in [4.69, 9.17) is 0 Å². The highest BCUT2D eigenvalue weighted by Crippen LogP contribution is 2.49. The molecule has 4 rings (SSSR count). The Labute approximate surface area is 138 Å². The number of nitrogens with one attached hydrogen (secondary N) is 1. The van der Waals surface area contributed by atoms with Crippen molar-refractivity contribution in [3.05, 3.63) is 46.2 Å². The van der Waals surface area contributed by atoms with Crippen molar-refractivity contribution in [3.63, 3.8) is 0 Å². The maximum absolute atomic E-state index is 12.8. The van der Waals surface area contributed by atoms with E-state index in [1.165, 1.54) is 4.90 Å². The molecule has 0 spiro atoms. The maximum atomic E-state index is 12.8. The summed E-state index contributed by atoms with van der Waals surface area (Å²) in [5.74, 6) is -1.22. The van der Waals surface area contributed by atoms with Crippen molar-refractivity contribution in [1.82, 2.24) is 9.88 Å². The van der Waals surface area contributed by atoms with E-state index in [1.807, 2.05) is 18.2 Å². The van der Waals surface area contributed by atoms with Gasteiger partial charge in [0.15, 0.2) is 0 Å². The first kappa shape index (κ1) is 14.9. The summed E-state index contributed by atoms with van der Waals surface area (Å²) >= 11 is 0. The van der Waals surface area contributed by atoms with Gasteiger partial charge in [0.2, 0.25) is 0 Å². The Morgan fingerprint density at radius 3 is 2.83 bits per heavy atom. The lowest BCUT2D eigenvalue weighted by Gasteiger charge is -2.23. The van der Waals surface area contributed by atoms with Gasteiger partial charge in [-0.3, -0.25) is 14.4 Å². The minimum Gasteiger partial charge on any atom is -0.481 e. The Balaban J connectivity index is 1.69. The summed E-state index contributed by atoms with van der Waals surface area (Å²) in [7, 11) is 0. The van der Waals surface area contributed by atoms with E-state index in [2.05, 4.69) is 4.98 Å². The molecule has 2 atom stereocenters. The molecule has 1 aromatic heterocycles. The first-order chi connectivity index (χ1) is 11.5. The fourth-order valence-electron chi connectivity index (χ4n) is 4.27. The van der Waals surface area contributed by atoms with Gasteiger partial charge >= 0.3 is 5.97 Å². The van der Waals surface area contributed by atoms with Crippen molar-refractivity contribution in [3.8, 4) is 0 Å². The quantitative estimate of drug-likeness (QED) is 0.881. The van der Waals surface area contributed by atoms with Gasteiger partial charge in [0.1, 0.15) is 5.56 Å². The highest BCUT2D eigenvalue weighted by Gasteiger charge is 2.55. The van der Waals surface area contributed by atoms with E-state index in [0.717, 1.165) is 18.2 Å². The van der Waals surface area contributed by atoms with Crippen LogP contribution in [-0.4, -0.2) is 40.0 Å². The number of likely N-dealkylation sites (tertiary alicyclic amines) is 1. The van der Waals surface area contributed by atoms with Crippen LogP contribution in [0.4, 0.5) is 0 Å². The monoisotopic (exact) mass is 326 g/mol. The molecule has 1 aromatic carbocycles. The zero-order chi connectivity index (χ0) is 16.9. The van der Waals surface area contributed by atoms with Crippen LogP contribution in [0.25, 0.3) is 10.9 Å². The van der Waals surface area contributed by atoms with E-state index in [-0.39, 0.29) is 23.9 Å². The molecule has 1 amide bonds. The van der Waals surface area contributed by atoms with E-state index in [1.54, 1.807) is 12.1 Å². The second kappa shape index (κ2) is 5.19. The van der Waals surface area contributed by atoms with Crippen molar-refractivity contribution in [2.24, 2.45) is 11.3 Å². The number of fused-ring (bicyclic) bond motifs is 2. The smallest absolute Gasteiger partial charge is 0.311 e. The lowest BCUT2D eigenvalue weighted by molar-refractivity contribution is -0.149. The van der Waals surface area contributed by atoms with Crippen LogP contribution in [0.5, 0.6) is 0 Å². The molecule has 0 unspecified atom stereocenters. The highest BCUT2D eigenvalue weighted by atomic mass is 16.4. The van der Waals surface area contributed by atoms with Gasteiger partial charge in [-0.1, -0.05) is 24.6 Å². The standard InChI is InChI=1S/C18H18N2O4/c21-15-13(8-11-4-1-2-6-14(11)19-15)16(22)20-9-12-5-3-7-18(12,10-20)17(23)24/h1-2,4,6,8,12H,3,5,7,9-10H2,(H,19,21)(H,23,24)/t12-,18+/m0/s1. The minimum absolute atomic E-state index is 0.0153. The summed E-state index contributed by atoms with van der Waals surface area (Å²) in [6, 6.07) is 8.87. The van der Waals surface area contributed by atoms with E-state index < -0.39 is 16.9 Å². The molecule has 0 radical (unpaired) electrons. The number of carbonyl (C=O) groups is 2. The van der Waals surface area contributed by atoms with Gasteiger partial charge in [-0.25, -0.2) is 0 Å². The first-order valence-corrected chi connectivity index (χ1v) is 8.16. The van der Waals surface area contributed by atoms with Crippen molar-refractivity contribution >= 4 is 22.8 Å². The number of rotatable bonds is 2. The average molecular weight is 326 g/mol. The molecule has 1 aliphatic carbocycles. The topological polar surface area (TPSA) is 90.5 Å². The molecule has 1 saturated heterocycles. The zero-order valence-electron chi connectivity index (χ0n) is 13.1. The first-order valence-electron chi connectivity index (χ1n) is 8.16. The van der Waals surface area contributed by atoms with Crippen LogP contribution in [-0.2, 0) is 4.79 Å². The number of hydrogen-bond acceptors (Lipinski definition) is 3. The number of carboxylic acid groups (broad SMARTS) is 1. The molecule has 6 heteroatoms. The number of aromatic nitrogens is 1. The van der Waals surface area contributed by atoms with Gasteiger partial charge in [-0.2, -0.15) is 0 Å². The van der Waals surface area contributed by atoms with Crippen molar-refractivity contribution < 1.29 is 14.7 Å². The van der Waals surface area contributed by atoms with Gasteiger partial charge < -0.3 is 15.0 Å². The molecule has 6 nitrogen and oxygen atoms in total. The molecule has 1 aliphatic heterocycles. The number of hydrogen-bond donors (Lipinski definition) is 2. The summed E-state index contributed by atoms with van der Waals surface area (Å²) in [5, 5.41) is 10.4. The van der Waals surface area contributed by atoms with Gasteiger partial charge in [-0.05, 0) is 36.3 Å². The van der Waals surface area contributed by atoms with Gasteiger partial charge in [0, 0.05) is 18.6 Å². The van der Waals surface area contributed by atoms with Crippen LogP contribution in [0.1, 0.15) is 29.6 Å². The molecular weight excluding hydrogens is 308 g/mol. The number of benzene rings is 1. The maximum Gasteiger partial charge on any atom is 0.311 e.